The highest BCUT2D eigenvalue weighted by Gasteiger charge is 2.30. The molecule has 1 unspecified atom stereocenters. The van der Waals surface area contributed by atoms with E-state index in [-0.39, 0.29) is 35.1 Å². The zero-order valence-electron chi connectivity index (χ0n) is 20.1. The molecule has 0 spiro atoms. The van der Waals surface area contributed by atoms with Gasteiger partial charge < -0.3 is 20.1 Å². The summed E-state index contributed by atoms with van der Waals surface area (Å²) in [5.41, 5.74) is 2.71. The van der Waals surface area contributed by atoms with Crippen LogP contribution in [0.5, 0.6) is 11.5 Å². The molecule has 0 bridgehead atoms. The van der Waals surface area contributed by atoms with Gasteiger partial charge in [-0.25, -0.2) is 13.6 Å². The molecule has 37 heavy (non-hydrogen) atoms. The number of nitrogens with zero attached hydrogens (tertiary/aromatic N) is 2. The molecule has 2 aliphatic heterocycles. The molecule has 1 saturated heterocycles. The second kappa shape index (κ2) is 11.8. The molecule has 4 N–H and O–H groups in total. The van der Waals surface area contributed by atoms with Crippen LogP contribution in [0.2, 0.25) is 0 Å². The van der Waals surface area contributed by atoms with Gasteiger partial charge in [-0.2, -0.15) is 5.10 Å². The summed E-state index contributed by atoms with van der Waals surface area (Å²) >= 11 is 1.15. The summed E-state index contributed by atoms with van der Waals surface area (Å²) in [6, 6.07) is 11.9. The summed E-state index contributed by atoms with van der Waals surface area (Å²) in [6.45, 7) is 2.41. The molecule has 1 atom stereocenters. The van der Waals surface area contributed by atoms with Crippen LogP contribution in [0.3, 0.4) is 0 Å². The van der Waals surface area contributed by atoms with Crippen LogP contribution in [0, 0.1) is 0 Å². The second-order valence-electron chi connectivity index (χ2n) is 8.52. The Bertz CT molecular complexity index is 1340. The first kappa shape index (κ1) is 26.6. The molecule has 2 amide bonds. The first-order valence-electron chi connectivity index (χ1n) is 11.5. The number of nitrogens with one attached hydrogen (secondary N) is 2. The normalized spacial score (nSPS) is 18.5. The van der Waals surface area contributed by atoms with Gasteiger partial charge in [-0.05, 0) is 61.6 Å². The van der Waals surface area contributed by atoms with Gasteiger partial charge >= 0.3 is 0 Å². The number of rotatable bonds is 9. The minimum atomic E-state index is -3.75. The average Bonchev–Trinajstić information content (AvgIpc) is 3.33. The number of fused-ring (bicyclic) bond motifs is 1. The summed E-state index contributed by atoms with van der Waals surface area (Å²) < 4.78 is 33.4. The molecule has 2 aliphatic rings. The van der Waals surface area contributed by atoms with Crippen LogP contribution in [-0.4, -0.2) is 49.7 Å². The number of benzene rings is 2. The molecule has 0 aromatic heterocycles. The molecule has 2 aromatic carbocycles. The second-order valence-corrected chi connectivity index (χ2v) is 11.3. The van der Waals surface area contributed by atoms with Crippen molar-refractivity contribution in [2.45, 2.75) is 42.8 Å². The van der Waals surface area contributed by atoms with Gasteiger partial charge in [0.25, 0.3) is 0 Å². The Hall–Kier alpha value is -3.42. The maximum absolute atomic E-state index is 12.6. The molecule has 2 aromatic rings. The Morgan fingerprint density at radius 2 is 1.86 bits per heavy atom. The molecule has 2 heterocycles. The van der Waals surface area contributed by atoms with Gasteiger partial charge in [-0.15, -0.1) is 5.10 Å². The number of amidine groups is 1. The van der Waals surface area contributed by atoms with Crippen molar-refractivity contribution in [2.75, 3.05) is 13.3 Å². The number of primary sulfonamides is 1. The highest BCUT2D eigenvalue weighted by atomic mass is 32.2. The van der Waals surface area contributed by atoms with Crippen LogP contribution in [0.25, 0.3) is 0 Å². The number of hydrogen-bond acceptors (Lipinski definition) is 9. The van der Waals surface area contributed by atoms with Gasteiger partial charge in [0.05, 0.1) is 10.1 Å². The standard InChI is InChI=1S/C24H27N5O6S2/c1-15(2-3-17-6-9-19-20(12-17)35-14-34-19)28-29-24-27-22(30)13-21(36-24)23(31)26-11-10-16-4-7-18(8-5-16)37(25,32)33/h4-9,12,21H,2-3,10-11,13-14H2,1H3,(H,26,31)(H2,25,32,33)(H,27,29,30)/b28-15+. The van der Waals surface area contributed by atoms with E-state index < -0.39 is 15.3 Å². The van der Waals surface area contributed by atoms with E-state index in [1.54, 1.807) is 12.1 Å². The quantitative estimate of drug-likeness (QED) is 0.319. The van der Waals surface area contributed by atoms with Crippen molar-refractivity contribution in [3.05, 3.63) is 53.6 Å². The lowest BCUT2D eigenvalue weighted by atomic mass is 10.1. The van der Waals surface area contributed by atoms with E-state index in [0.29, 0.717) is 19.4 Å². The van der Waals surface area contributed by atoms with Crippen molar-refractivity contribution in [3.63, 3.8) is 0 Å². The van der Waals surface area contributed by atoms with E-state index in [9.17, 15) is 18.0 Å². The first-order valence-corrected chi connectivity index (χ1v) is 14.0. The smallest absolute Gasteiger partial charge is 0.238 e. The van der Waals surface area contributed by atoms with Gasteiger partial charge in [0.15, 0.2) is 16.7 Å². The lowest BCUT2D eigenvalue weighted by Gasteiger charge is -2.21. The maximum atomic E-state index is 12.6. The average molecular weight is 546 g/mol. The predicted molar refractivity (Wildman–Crippen MR) is 140 cm³/mol. The van der Waals surface area contributed by atoms with Gasteiger partial charge in [0.1, 0.15) is 0 Å². The summed E-state index contributed by atoms with van der Waals surface area (Å²) in [6.07, 6.45) is 1.93. The monoisotopic (exact) mass is 545 g/mol. The Labute approximate surface area is 218 Å². The van der Waals surface area contributed by atoms with Crippen molar-refractivity contribution < 1.29 is 27.5 Å². The third kappa shape index (κ3) is 7.54. The lowest BCUT2D eigenvalue weighted by Crippen LogP contribution is -2.44. The van der Waals surface area contributed by atoms with E-state index in [2.05, 4.69) is 20.8 Å². The third-order valence-corrected chi connectivity index (χ3v) is 7.65. The molecule has 0 radical (unpaired) electrons. The van der Waals surface area contributed by atoms with E-state index >= 15 is 0 Å². The molecule has 13 heteroatoms. The summed E-state index contributed by atoms with van der Waals surface area (Å²) in [5, 5.41) is 18.6. The summed E-state index contributed by atoms with van der Waals surface area (Å²) in [7, 11) is -3.75. The minimum Gasteiger partial charge on any atom is -0.454 e. The fraction of sp³-hybridized carbons (Fsp3) is 0.333. The number of sulfonamides is 1. The van der Waals surface area contributed by atoms with Crippen LogP contribution in [-0.2, 0) is 32.5 Å². The number of amides is 2. The molecule has 0 saturated carbocycles. The zero-order valence-corrected chi connectivity index (χ0v) is 21.7. The SMILES string of the molecule is C/C(CCc1ccc2c(c1)OCO2)=N\N=C1/NC(=O)CC(C(=O)NCCc2ccc(S(N)(=O)=O)cc2)S1. The van der Waals surface area contributed by atoms with E-state index in [1.807, 2.05) is 25.1 Å². The van der Waals surface area contributed by atoms with Crippen LogP contribution in [0.4, 0.5) is 0 Å². The highest BCUT2D eigenvalue weighted by Crippen LogP contribution is 2.32. The zero-order chi connectivity index (χ0) is 26.4. The summed E-state index contributed by atoms with van der Waals surface area (Å²) in [5.74, 6) is 0.891. The highest BCUT2D eigenvalue weighted by molar-refractivity contribution is 8.15. The number of carbonyl (C=O) groups excluding carboxylic acids is 2. The van der Waals surface area contributed by atoms with Crippen LogP contribution in [0.15, 0.2) is 57.6 Å². The maximum Gasteiger partial charge on any atom is 0.238 e. The van der Waals surface area contributed by atoms with Crippen molar-refractivity contribution in [2.24, 2.45) is 15.3 Å². The van der Waals surface area contributed by atoms with Gasteiger partial charge in [0, 0.05) is 18.7 Å². The fourth-order valence-corrected chi connectivity index (χ4v) is 5.10. The molecular formula is C24H27N5O6S2. The molecule has 4 rings (SSSR count). The van der Waals surface area contributed by atoms with Crippen molar-refractivity contribution in [3.8, 4) is 11.5 Å². The van der Waals surface area contributed by atoms with Crippen molar-refractivity contribution in [1.82, 2.24) is 10.6 Å². The number of carbonyl (C=O) groups is 2. The Morgan fingerprint density at radius 1 is 1.14 bits per heavy atom. The largest absolute Gasteiger partial charge is 0.454 e. The molecular weight excluding hydrogens is 518 g/mol. The number of aryl methyl sites for hydroxylation is 1. The topological polar surface area (TPSA) is 162 Å². The minimum absolute atomic E-state index is 0.0301. The van der Waals surface area contributed by atoms with E-state index in [1.165, 1.54) is 12.1 Å². The van der Waals surface area contributed by atoms with Gasteiger partial charge in [-0.1, -0.05) is 30.0 Å². The van der Waals surface area contributed by atoms with Crippen LogP contribution >= 0.6 is 11.8 Å². The Morgan fingerprint density at radius 3 is 2.62 bits per heavy atom. The number of ether oxygens (including phenoxy) is 2. The molecule has 11 nitrogen and oxygen atoms in total. The van der Waals surface area contributed by atoms with Gasteiger partial charge in [-0.3, -0.25) is 9.59 Å². The molecule has 0 aliphatic carbocycles. The Balaban J connectivity index is 1.26. The van der Waals surface area contributed by atoms with Crippen molar-refractivity contribution >= 4 is 44.5 Å². The van der Waals surface area contributed by atoms with Crippen LogP contribution in [0.1, 0.15) is 30.9 Å². The third-order valence-electron chi connectivity index (χ3n) is 5.65. The number of nitrogens with two attached hydrogens (primary N) is 1. The first-order chi connectivity index (χ1) is 17.7. The fourth-order valence-electron chi connectivity index (χ4n) is 3.63. The lowest BCUT2D eigenvalue weighted by molar-refractivity contribution is -0.125. The van der Waals surface area contributed by atoms with E-state index in [0.717, 1.165) is 46.5 Å². The summed E-state index contributed by atoms with van der Waals surface area (Å²) in [4.78, 5) is 24.8. The predicted octanol–water partition coefficient (Wildman–Crippen LogP) is 1.71. The van der Waals surface area contributed by atoms with E-state index in [4.69, 9.17) is 14.6 Å². The van der Waals surface area contributed by atoms with Crippen LogP contribution < -0.4 is 25.2 Å². The Kier molecular flexibility index (Phi) is 8.46. The molecule has 196 valence electrons. The van der Waals surface area contributed by atoms with Crippen molar-refractivity contribution in [1.29, 1.82) is 0 Å². The number of hydrogen-bond donors (Lipinski definition) is 3. The van der Waals surface area contributed by atoms with Gasteiger partial charge in [0.2, 0.25) is 28.6 Å². The molecule has 1 fully saturated rings. The number of thioether (sulfide) groups is 1.